The minimum absolute atomic E-state index is 0.0224. The van der Waals surface area contributed by atoms with Crippen LogP contribution in [0.2, 0.25) is 0 Å². The second-order valence-corrected chi connectivity index (χ2v) is 17.4. The minimum Gasteiger partial charge on any atom is -0.470 e. The molecule has 0 saturated heterocycles. The molecule has 0 bridgehead atoms. The van der Waals surface area contributed by atoms with Crippen LogP contribution in [0, 0.1) is 11.8 Å². The molecule has 2 rings (SSSR count). The Kier molecular flexibility index (Phi) is 39.3. The summed E-state index contributed by atoms with van der Waals surface area (Å²) in [5, 5.41) is 15.2. The van der Waals surface area contributed by atoms with Crippen molar-refractivity contribution in [3.8, 4) is 0 Å². The van der Waals surface area contributed by atoms with Crippen LogP contribution in [0.4, 0.5) is 40.1 Å². The molecule has 0 heterocycles. The first-order chi connectivity index (χ1) is 36.2. The molecule has 9 N–H and O–H groups in total. The molecule has 2 aromatic rings. The van der Waals surface area contributed by atoms with Crippen molar-refractivity contribution >= 4 is 112 Å². The zero-order valence-electron chi connectivity index (χ0n) is 43.4. The van der Waals surface area contributed by atoms with Gasteiger partial charge in [-0.1, -0.05) is 52.0 Å². The molecule has 27 nitrogen and oxygen atoms in total. The van der Waals surface area contributed by atoms with Crippen LogP contribution in [0.25, 0.3) is 0 Å². The first-order valence-corrected chi connectivity index (χ1v) is 24.8. The van der Waals surface area contributed by atoms with Gasteiger partial charge in [0.05, 0.1) is 33.4 Å². The van der Waals surface area contributed by atoms with Crippen LogP contribution in [-0.2, 0) is 65.5 Å². The maximum absolute atomic E-state index is 12.1. The summed E-state index contributed by atoms with van der Waals surface area (Å²) >= 11 is 1.90. The zero-order chi connectivity index (χ0) is 57.1. The summed E-state index contributed by atoms with van der Waals surface area (Å²) < 4.78 is 43.9. The molecular weight excluding hydrogens is 1040 g/mol. The van der Waals surface area contributed by atoms with Gasteiger partial charge in [-0.15, -0.1) is 0 Å². The molecule has 2 atom stereocenters. The third-order valence-electron chi connectivity index (χ3n) is 9.23. The standard InChI is InChI=1S/C23H46N6O9S2.2C11H11BN2O4/c1-16(2)18(5)25-20(30)36-12-9-29(10-13-37-21(31)26-19(6)17(3)4)40-28-23(33)38-15-14-35-11-8-24-39-27-22(32)34-7;2*12-11(17)18-6-8-1-3-9(4-2-8)14-10(16)5-13-7-15/h16-19,24H,8-15H2,1-7H3,(H,25,30)(H,26,31)(H,27,32)(H,28,33);2*1-4,7H,5-6H2,(H,13,15)(H,14,16). The van der Waals surface area contributed by atoms with E-state index in [1.807, 2.05) is 41.5 Å². The fraction of sp³-hybridized carbons (Fsp3) is 0.511. The van der Waals surface area contributed by atoms with E-state index in [-0.39, 0.29) is 102 Å². The Hall–Kier alpha value is -6.95. The number of anilines is 2. The van der Waals surface area contributed by atoms with Crippen LogP contribution >= 0.6 is 24.3 Å². The molecule has 0 aliphatic rings. The maximum Gasteiger partial charge on any atom is 0.418 e. The van der Waals surface area contributed by atoms with Crippen LogP contribution < -0.4 is 46.1 Å². The van der Waals surface area contributed by atoms with Crippen molar-refractivity contribution in [1.82, 2.24) is 39.7 Å². The lowest BCUT2D eigenvalue weighted by Crippen LogP contribution is -2.39. The topological polar surface area (TPSA) is 347 Å². The Morgan fingerprint density at radius 2 is 1.00 bits per heavy atom. The van der Waals surface area contributed by atoms with Gasteiger partial charge in [-0.05, 0) is 61.1 Å². The zero-order valence-corrected chi connectivity index (χ0v) is 45.1. The summed E-state index contributed by atoms with van der Waals surface area (Å²) in [5.41, 5.74) is 2.65. The van der Waals surface area contributed by atoms with Gasteiger partial charge >= 0.3 is 24.4 Å². The van der Waals surface area contributed by atoms with Crippen LogP contribution in [0.5, 0.6) is 0 Å². The van der Waals surface area contributed by atoms with Crippen molar-refractivity contribution in [3.63, 3.8) is 0 Å². The molecule has 0 spiro atoms. The summed E-state index contributed by atoms with van der Waals surface area (Å²) in [6.07, 6.45) is -1.44. The average molecular weight is 1110 g/mol. The largest absolute Gasteiger partial charge is 0.470 e. The molecule has 0 aliphatic heterocycles. The molecule has 0 saturated carbocycles. The van der Waals surface area contributed by atoms with Gasteiger partial charge in [0.15, 0.2) is 0 Å². The van der Waals surface area contributed by atoms with Crippen molar-refractivity contribution in [1.29, 1.82) is 0 Å². The molecule has 0 aromatic heterocycles. The number of carbonyl (C=O) groups excluding carboxylic acids is 10. The Labute approximate surface area is 453 Å². The molecule has 418 valence electrons. The molecule has 2 aromatic carbocycles. The third-order valence-corrected chi connectivity index (χ3v) is 10.7. The summed E-state index contributed by atoms with van der Waals surface area (Å²) in [4.78, 5) is 110. The first-order valence-electron chi connectivity index (χ1n) is 23.2. The number of methoxy groups -OCH3 is 1. The number of benzene rings is 2. The number of rotatable bonds is 32. The molecule has 0 aliphatic carbocycles. The van der Waals surface area contributed by atoms with Gasteiger partial charge in [0.1, 0.15) is 33.0 Å². The normalized spacial score (nSPS) is 11.0. The molecular formula is C45H68B2N10O17S2. The Morgan fingerprint density at radius 3 is 1.39 bits per heavy atom. The van der Waals surface area contributed by atoms with E-state index in [4.69, 9.17) is 34.6 Å². The van der Waals surface area contributed by atoms with Crippen molar-refractivity contribution in [2.75, 3.05) is 83.5 Å². The Bertz CT molecular complexity index is 1940. The molecule has 31 heteroatoms. The van der Waals surface area contributed by atoms with Gasteiger partial charge < -0.3 is 65.1 Å². The smallest absolute Gasteiger partial charge is 0.418 e. The van der Waals surface area contributed by atoms with E-state index in [0.29, 0.717) is 37.3 Å². The molecule has 0 fully saturated rings. The summed E-state index contributed by atoms with van der Waals surface area (Å²) in [5.74, 6) is -1.83. The first kappa shape index (κ1) is 69.0. The van der Waals surface area contributed by atoms with Crippen molar-refractivity contribution in [3.05, 3.63) is 59.7 Å². The van der Waals surface area contributed by atoms with E-state index in [9.17, 15) is 47.9 Å². The van der Waals surface area contributed by atoms with E-state index < -0.39 is 36.1 Å². The quantitative estimate of drug-likeness (QED) is 0.0167. The van der Waals surface area contributed by atoms with E-state index in [0.717, 1.165) is 35.4 Å². The van der Waals surface area contributed by atoms with Crippen molar-refractivity contribution in [2.24, 2.45) is 11.8 Å². The van der Waals surface area contributed by atoms with Gasteiger partial charge in [0.2, 0.25) is 52.1 Å². The monoisotopic (exact) mass is 1110 g/mol. The second kappa shape index (κ2) is 43.3. The average Bonchev–Trinajstić information content (AvgIpc) is 3.37. The number of hydrogen-bond donors (Lipinski definition) is 9. The van der Waals surface area contributed by atoms with Crippen molar-refractivity contribution < 1.29 is 81.1 Å². The van der Waals surface area contributed by atoms with Crippen LogP contribution in [0.15, 0.2) is 48.5 Å². The van der Waals surface area contributed by atoms with Gasteiger partial charge in [-0.2, -0.15) is 0 Å². The van der Waals surface area contributed by atoms with Crippen LogP contribution in [0.3, 0.4) is 0 Å². The van der Waals surface area contributed by atoms with Gasteiger partial charge in [-0.25, -0.2) is 28.2 Å². The van der Waals surface area contributed by atoms with E-state index >= 15 is 0 Å². The molecule has 4 radical (unpaired) electrons. The fourth-order valence-electron chi connectivity index (χ4n) is 4.54. The van der Waals surface area contributed by atoms with Gasteiger partial charge in [0, 0.05) is 67.4 Å². The van der Waals surface area contributed by atoms with Gasteiger partial charge in [0.25, 0.3) is 0 Å². The Balaban J connectivity index is 0.00000128. The lowest BCUT2D eigenvalue weighted by Gasteiger charge is -2.22. The number of amides is 8. The number of ether oxygens (including phenoxy) is 7. The summed E-state index contributed by atoms with van der Waals surface area (Å²) in [6, 6.07) is 13.3. The van der Waals surface area contributed by atoms with Crippen LogP contribution in [-0.4, -0.2) is 166 Å². The predicted octanol–water partition coefficient (Wildman–Crippen LogP) is 3.00. The lowest BCUT2D eigenvalue weighted by molar-refractivity contribution is -0.118. The number of carbonyl (C=O) groups is 10. The van der Waals surface area contributed by atoms with E-state index in [2.05, 4.69) is 60.3 Å². The number of alkyl carbamates (subject to hydrolysis) is 2. The highest BCUT2D eigenvalue weighted by Gasteiger charge is 2.16. The summed E-state index contributed by atoms with van der Waals surface area (Å²) in [6.45, 7) is 13.3. The highest BCUT2D eigenvalue weighted by Crippen LogP contribution is 2.12. The molecule has 76 heavy (non-hydrogen) atoms. The highest BCUT2D eigenvalue weighted by atomic mass is 32.2. The fourth-order valence-corrected chi connectivity index (χ4v) is 5.56. The van der Waals surface area contributed by atoms with Crippen molar-refractivity contribution in [2.45, 2.75) is 66.8 Å². The SMILES string of the molecule is COC(=O)NSNCCOCCOC(=O)NSN(CCOC(=O)NC(C)C(C)C)CCOC(=O)NC(C)C(C)C.[B]C(=O)OCc1ccc(NC(=O)CNC=O)cc1.[B]C(=O)OCc1ccc(NC(=O)CNC=O)cc1. The number of hydrogen-bond acceptors (Lipinski definition) is 21. The van der Waals surface area contributed by atoms with E-state index in [1.165, 1.54) is 7.11 Å². The maximum atomic E-state index is 12.1. The molecule has 2 unspecified atom stereocenters. The molecule has 8 amide bonds. The van der Waals surface area contributed by atoms with Crippen LogP contribution in [0.1, 0.15) is 52.7 Å². The number of nitrogens with one attached hydrogen (secondary N) is 9. The predicted molar refractivity (Wildman–Crippen MR) is 283 cm³/mol. The third kappa shape index (κ3) is 39.5. The minimum atomic E-state index is -0.840. The van der Waals surface area contributed by atoms with E-state index in [1.54, 1.807) is 52.8 Å². The second-order valence-electron chi connectivity index (χ2n) is 15.8. The number of nitrogens with zero attached hydrogens (tertiary/aromatic N) is 1. The Morgan fingerprint density at radius 1 is 0.566 bits per heavy atom. The summed E-state index contributed by atoms with van der Waals surface area (Å²) in [7, 11) is 10.9. The van der Waals surface area contributed by atoms with Gasteiger partial charge in [-0.3, -0.25) is 38.2 Å². The highest BCUT2D eigenvalue weighted by molar-refractivity contribution is 7.96. The lowest BCUT2D eigenvalue weighted by atomic mass is 10.1.